The van der Waals surface area contributed by atoms with Crippen molar-refractivity contribution in [2.24, 2.45) is 22.7 Å². The third kappa shape index (κ3) is 3.83. The number of aliphatic carboxylic acids is 1. The maximum atomic E-state index is 12.8. The Morgan fingerprint density at radius 1 is 1.30 bits per heavy atom. The Morgan fingerprint density at radius 3 is 2.41 bits per heavy atom. The maximum Gasteiger partial charge on any atom is 0.490 e. The number of hydrogen-bond donors (Lipinski definition) is 1. The number of amides is 1. The number of nitrogens with zero attached hydrogens (tertiary/aromatic N) is 3. The first kappa shape index (κ1) is 20.1. The van der Waals surface area contributed by atoms with E-state index in [0.29, 0.717) is 11.8 Å². The van der Waals surface area contributed by atoms with Gasteiger partial charge in [0.25, 0.3) is 5.91 Å². The molecule has 4 rings (SSSR count). The second-order valence-corrected chi connectivity index (χ2v) is 8.04. The van der Waals surface area contributed by atoms with E-state index in [2.05, 4.69) is 11.8 Å². The van der Waals surface area contributed by atoms with Crippen LogP contribution in [-0.2, 0) is 9.59 Å². The molecule has 3 atom stereocenters. The van der Waals surface area contributed by atoms with E-state index < -0.39 is 12.1 Å². The van der Waals surface area contributed by atoms with Crippen LogP contribution in [0.25, 0.3) is 0 Å². The molecule has 2 heterocycles. The molecule has 1 N–H and O–H groups in total. The predicted octanol–water partition coefficient (Wildman–Crippen LogP) is 2.39. The van der Waals surface area contributed by atoms with E-state index in [0.717, 1.165) is 31.1 Å². The zero-order valence-electron chi connectivity index (χ0n) is 15.6. The van der Waals surface area contributed by atoms with Crippen LogP contribution in [0.3, 0.4) is 0 Å². The van der Waals surface area contributed by atoms with Crippen LogP contribution in [0.1, 0.15) is 39.0 Å². The molecule has 6 nitrogen and oxygen atoms in total. The third-order valence-electron chi connectivity index (χ3n) is 6.19. The minimum absolute atomic E-state index is 0.273. The molecule has 0 aromatic rings. The standard InChI is InChI=1S/C16H25N3O.C2HF3O2/c1-3-14-17-16(15(20)18(14)2)7-6-12-9-19(10-13(12)16)8-11-4-5-11;3-2(4,5)1(6)7/h11-13H,3-10H2,1-2H3;(H,6,7)/t12-,13+,16-;/m1./s1. The Kier molecular flexibility index (Phi) is 5.26. The Morgan fingerprint density at radius 2 is 1.93 bits per heavy atom. The summed E-state index contributed by atoms with van der Waals surface area (Å²) >= 11 is 0. The van der Waals surface area contributed by atoms with Gasteiger partial charge in [-0.05, 0) is 37.5 Å². The Hall–Kier alpha value is -1.64. The first-order chi connectivity index (χ1) is 12.6. The van der Waals surface area contributed by atoms with Crippen molar-refractivity contribution in [3.05, 3.63) is 0 Å². The van der Waals surface area contributed by atoms with Crippen molar-refractivity contribution in [2.45, 2.75) is 50.7 Å². The molecule has 152 valence electrons. The molecule has 2 saturated carbocycles. The normalized spacial score (nSPS) is 33.1. The lowest BCUT2D eigenvalue weighted by Crippen LogP contribution is -2.45. The van der Waals surface area contributed by atoms with Crippen LogP contribution in [0.5, 0.6) is 0 Å². The molecule has 3 fully saturated rings. The van der Waals surface area contributed by atoms with E-state index in [-0.39, 0.29) is 11.4 Å². The second kappa shape index (κ2) is 7.07. The first-order valence-corrected chi connectivity index (χ1v) is 9.47. The molecule has 0 aromatic carbocycles. The Balaban J connectivity index is 0.000000260. The van der Waals surface area contributed by atoms with Gasteiger partial charge >= 0.3 is 12.1 Å². The largest absolute Gasteiger partial charge is 0.490 e. The number of aliphatic imine (C=N–C) groups is 1. The Labute approximate surface area is 156 Å². The molecule has 2 aliphatic heterocycles. The molecule has 1 amide bonds. The summed E-state index contributed by atoms with van der Waals surface area (Å²) in [6.07, 6.45) is 0.777. The summed E-state index contributed by atoms with van der Waals surface area (Å²) in [6, 6.07) is 0. The van der Waals surface area contributed by atoms with Gasteiger partial charge in [-0.15, -0.1) is 0 Å². The van der Waals surface area contributed by atoms with Crippen molar-refractivity contribution in [3.8, 4) is 0 Å². The topological polar surface area (TPSA) is 73.2 Å². The molecule has 1 saturated heterocycles. The van der Waals surface area contributed by atoms with Crippen LogP contribution in [0, 0.1) is 17.8 Å². The average Bonchev–Trinajstić information content (AvgIpc) is 3.13. The van der Waals surface area contributed by atoms with Gasteiger partial charge in [-0.3, -0.25) is 9.79 Å². The van der Waals surface area contributed by atoms with Crippen LogP contribution in [0.15, 0.2) is 4.99 Å². The van der Waals surface area contributed by atoms with Crippen LogP contribution < -0.4 is 0 Å². The molecular formula is C18H26F3N3O3. The molecule has 0 aromatic heterocycles. The molecule has 0 radical (unpaired) electrons. The number of likely N-dealkylation sites (tertiary alicyclic amines) is 1. The SMILES string of the molecule is CCC1=N[C@@]2(CC[C@@H]3CN(CC4CC4)C[C@@H]32)C(=O)N1C.O=C(O)C(F)(F)F. The van der Waals surface area contributed by atoms with Crippen molar-refractivity contribution in [3.63, 3.8) is 0 Å². The van der Waals surface area contributed by atoms with Gasteiger partial charge in [0, 0.05) is 39.0 Å². The van der Waals surface area contributed by atoms with Gasteiger partial charge in [-0.1, -0.05) is 6.92 Å². The van der Waals surface area contributed by atoms with Crippen molar-refractivity contribution in [1.29, 1.82) is 0 Å². The van der Waals surface area contributed by atoms with Crippen LogP contribution in [0.4, 0.5) is 13.2 Å². The number of hydrogen-bond acceptors (Lipinski definition) is 4. The molecule has 9 heteroatoms. The third-order valence-corrected chi connectivity index (χ3v) is 6.19. The second-order valence-electron chi connectivity index (χ2n) is 8.04. The van der Waals surface area contributed by atoms with Gasteiger partial charge in [-0.25, -0.2) is 4.79 Å². The molecule has 1 spiro atoms. The van der Waals surface area contributed by atoms with E-state index in [1.165, 1.54) is 32.4 Å². The van der Waals surface area contributed by atoms with Crippen LogP contribution >= 0.6 is 0 Å². The number of halogens is 3. The molecule has 27 heavy (non-hydrogen) atoms. The summed E-state index contributed by atoms with van der Waals surface area (Å²) in [5, 5.41) is 7.12. The fourth-order valence-corrected chi connectivity index (χ4v) is 4.68. The van der Waals surface area contributed by atoms with Gasteiger partial charge in [0.05, 0.1) is 0 Å². The molecular weight excluding hydrogens is 363 g/mol. The summed E-state index contributed by atoms with van der Waals surface area (Å²) in [4.78, 5) is 31.0. The highest BCUT2D eigenvalue weighted by molar-refractivity contribution is 6.08. The van der Waals surface area contributed by atoms with E-state index >= 15 is 0 Å². The number of amidine groups is 1. The summed E-state index contributed by atoms with van der Waals surface area (Å²) in [6.45, 7) is 5.66. The Bertz CT molecular complexity index is 647. The zero-order valence-corrected chi connectivity index (χ0v) is 15.6. The van der Waals surface area contributed by atoms with Crippen molar-refractivity contribution in [2.75, 3.05) is 26.7 Å². The zero-order chi connectivity index (χ0) is 20.0. The number of carboxylic acid groups (broad SMARTS) is 1. The number of likely N-dealkylation sites (N-methyl/N-ethyl adjacent to an activating group) is 1. The number of carboxylic acids is 1. The van der Waals surface area contributed by atoms with Gasteiger partial charge in [0.15, 0.2) is 0 Å². The smallest absolute Gasteiger partial charge is 0.475 e. The fraction of sp³-hybridized carbons (Fsp3) is 0.833. The summed E-state index contributed by atoms with van der Waals surface area (Å²) in [7, 11) is 1.91. The maximum absolute atomic E-state index is 12.8. The lowest BCUT2D eigenvalue weighted by molar-refractivity contribution is -0.192. The molecule has 4 aliphatic rings. The van der Waals surface area contributed by atoms with Gasteiger partial charge in [0.2, 0.25) is 0 Å². The highest BCUT2D eigenvalue weighted by atomic mass is 19.4. The van der Waals surface area contributed by atoms with Gasteiger partial charge < -0.3 is 14.9 Å². The lowest BCUT2D eigenvalue weighted by atomic mass is 9.85. The minimum atomic E-state index is -5.08. The number of fused-ring (bicyclic) bond motifs is 2. The van der Waals surface area contributed by atoms with Crippen molar-refractivity contribution >= 4 is 17.7 Å². The highest BCUT2D eigenvalue weighted by Crippen LogP contribution is 2.50. The van der Waals surface area contributed by atoms with Crippen molar-refractivity contribution < 1.29 is 27.9 Å². The molecule has 0 unspecified atom stereocenters. The number of rotatable bonds is 3. The number of carbonyl (C=O) groups is 2. The lowest BCUT2D eigenvalue weighted by Gasteiger charge is -2.27. The molecule has 2 aliphatic carbocycles. The van der Waals surface area contributed by atoms with E-state index in [9.17, 15) is 18.0 Å². The summed E-state index contributed by atoms with van der Waals surface area (Å²) in [5.41, 5.74) is -0.386. The van der Waals surface area contributed by atoms with Gasteiger partial charge in [-0.2, -0.15) is 13.2 Å². The number of carbonyl (C=O) groups excluding carboxylic acids is 1. The van der Waals surface area contributed by atoms with Crippen LogP contribution in [-0.4, -0.2) is 71.0 Å². The summed E-state index contributed by atoms with van der Waals surface area (Å²) in [5.74, 6) is 0.631. The quantitative estimate of drug-likeness (QED) is 0.805. The molecule has 0 bridgehead atoms. The first-order valence-electron chi connectivity index (χ1n) is 9.47. The van der Waals surface area contributed by atoms with Crippen molar-refractivity contribution in [1.82, 2.24) is 9.80 Å². The monoisotopic (exact) mass is 389 g/mol. The van der Waals surface area contributed by atoms with Crippen LogP contribution in [0.2, 0.25) is 0 Å². The predicted molar refractivity (Wildman–Crippen MR) is 92.3 cm³/mol. The van der Waals surface area contributed by atoms with E-state index in [4.69, 9.17) is 14.9 Å². The number of alkyl halides is 3. The van der Waals surface area contributed by atoms with Gasteiger partial charge in [0.1, 0.15) is 11.4 Å². The fourth-order valence-electron chi connectivity index (χ4n) is 4.68. The average molecular weight is 389 g/mol. The minimum Gasteiger partial charge on any atom is -0.475 e. The van der Waals surface area contributed by atoms with E-state index in [1.54, 1.807) is 0 Å². The summed E-state index contributed by atoms with van der Waals surface area (Å²) < 4.78 is 31.7. The van der Waals surface area contributed by atoms with E-state index in [1.807, 2.05) is 11.9 Å². The highest BCUT2D eigenvalue weighted by Gasteiger charge is 2.60.